The Balaban J connectivity index is 2.22. The monoisotopic (exact) mass is 145 g/mol. The Morgan fingerprint density at radius 3 is 2.70 bits per heavy atom. The number of hydrogen-bond acceptors (Lipinski definition) is 4. The molecule has 5 heteroatoms. The molecular weight excluding hydrogens is 134 g/mol. The molecule has 10 heavy (non-hydrogen) atoms. The van der Waals surface area contributed by atoms with Crippen molar-refractivity contribution in [3.05, 3.63) is 0 Å². The van der Waals surface area contributed by atoms with Crippen molar-refractivity contribution < 1.29 is 9.90 Å². The zero-order chi connectivity index (χ0) is 7.72. The molecule has 1 aliphatic rings. The molecule has 58 valence electrons. The normalized spacial score (nSPS) is 30.7. The molecule has 0 radical (unpaired) electrons. The van der Waals surface area contributed by atoms with E-state index in [2.05, 4.69) is 5.32 Å². The molecule has 0 bridgehead atoms. The van der Waals surface area contributed by atoms with E-state index in [4.69, 9.17) is 10.8 Å². The zero-order valence-corrected chi connectivity index (χ0v) is 5.74. The molecule has 0 amide bonds. The molecule has 1 heterocycles. The van der Waals surface area contributed by atoms with Crippen LogP contribution in [0, 0.1) is 0 Å². The summed E-state index contributed by atoms with van der Waals surface area (Å²) in [7, 11) is 1.72. The van der Waals surface area contributed by atoms with Crippen molar-refractivity contribution in [1.29, 1.82) is 0 Å². The van der Waals surface area contributed by atoms with E-state index in [1.165, 1.54) is 0 Å². The molecule has 0 aliphatic carbocycles. The summed E-state index contributed by atoms with van der Waals surface area (Å²) in [5.74, 6) is -0.830. The zero-order valence-electron chi connectivity index (χ0n) is 5.74. The SMILES string of the molecule is CN(CC(=O)O)C1NC1N. The predicted octanol–water partition coefficient (Wildman–Crippen LogP) is -1.78. The Bertz CT molecular complexity index is 150. The number of carboxylic acids is 1. The lowest BCUT2D eigenvalue weighted by Gasteiger charge is -2.10. The second-order valence-corrected chi connectivity index (χ2v) is 2.45. The number of carboxylic acid groups (broad SMARTS) is 1. The van der Waals surface area contributed by atoms with Crippen molar-refractivity contribution in [2.75, 3.05) is 13.6 Å². The minimum absolute atomic E-state index is 0.0331. The van der Waals surface area contributed by atoms with Gasteiger partial charge in [0.05, 0.1) is 18.9 Å². The highest BCUT2D eigenvalue weighted by molar-refractivity contribution is 5.69. The van der Waals surface area contributed by atoms with Crippen LogP contribution in [0.2, 0.25) is 0 Å². The van der Waals surface area contributed by atoms with E-state index < -0.39 is 5.97 Å². The molecule has 1 saturated heterocycles. The lowest BCUT2D eigenvalue weighted by atomic mass is 10.5. The van der Waals surface area contributed by atoms with Crippen molar-refractivity contribution in [2.24, 2.45) is 5.73 Å². The first-order chi connectivity index (χ1) is 4.61. The summed E-state index contributed by atoms with van der Waals surface area (Å²) in [6.07, 6.45) is 0.000417. The maximum Gasteiger partial charge on any atom is 0.317 e. The lowest BCUT2D eigenvalue weighted by Crippen LogP contribution is -2.31. The van der Waals surface area contributed by atoms with Gasteiger partial charge in [0.2, 0.25) is 0 Å². The summed E-state index contributed by atoms with van der Waals surface area (Å²) in [6.45, 7) is 0.0331. The molecule has 1 aliphatic heterocycles. The number of carbonyl (C=O) groups is 1. The van der Waals surface area contributed by atoms with Crippen LogP contribution in [-0.2, 0) is 4.79 Å². The van der Waals surface area contributed by atoms with E-state index in [0.29, 0.717) is 0 Å². The highest BCUT2D eigenvalue weighted by atomic mass is 16.4. The topological polar surface area (TPSA) is 88.5 Å². The Hall–Kier alpha value is -0.650. The molecule has 4 N–H and O–H groups in total. The van der Waals surface area contributed by atoms with Gasteiger partial charge in [0, 0.05) is 0 Å². The molecule has 2 atom stereocenters. The summed E-state index contributed by atoms with van der Waals surface area (Å²) >= 11 is 0. The Morgan fingerprint density at radius 1 is 1.90 bits per heavy atom. The van der Waals surface area contributed by atoms with Crippen LogP contribution >= 0.6 is 0 Å². The van der Waals surface area contributed by atoms with Gasteiger partial charge in [-0.1, -0.05) is 0 Å². The van der Waals surface area contributed by atoms with Gasteiger partial charge in [-0.05, 0) is 7.05 Å². The van der Waals surface area contributed by atoms with Gasteiger partial charge in [-0.15, -0.1) is 0 Å². The molecule has 0 aromatic rings. The van der Waals surface area contributed by atoms with Crippen molar-refractivity contribution in [1.82, 2.24) is 10.2 Å². The third-order valence-corrected chi connectivity index (χ3v) is 1.45. The van der Waals surface area contributed by atoms with Crippen LogP contribution in [0.4, 0.5) is 0 Å². The number of hydrogen-bond donors (Lipinski definition) is 3. The minimum Gasteiger partial charge on any atom is -0.480 e. The Morgan fingerprint density at radius 2 is 2.40 bits per heavy atom. The van der Waals surface area contributed by atoms with E-state index in [9.17, 15) is 4.79 Å². The number of likely N-dealkylation sites (N-methyl/N-ethyl adjacent to an activating group) is 1. The minimum atomic E-state index is -0.830. The van der Waals surface area contributed by atoms with Gasteiger partial charge in [0.25, 0.3) is 0 Å². The van der Waals surface area contributed by atoms with Crippen LogP contribution in [0.5, 0.6) is 0 Å². The van der Waals surface area contributed by atoms with Crippen molar-refractivity contribution >= 4 is 5.97 Å². The van der Waals surface area contributed by atoms with Gasteiger partial charge in [-0.3, -0.25) is 15.0 Å². The second-order valence-electron chi connectivity index (χ2n) is 2.45. The van der Waals surface area contributed by atoms with Crippen molar-refractivity contribution in [3.8, 4) is 0 Å². The number of nitrogens with one attached hydrogen (secondary N) is 1. The number of rotatable bonds is 3. The van der Waals surface area contributed by atoms with Gasteiger partial charge in [0.15, 0.2) is 0 Å². The highest BCUT2D eigenvalue weighted by Gasteiger charge is 2.36. The van der Waals surface area contributed by atoms with Gasteiger partial charge in [-0.2, -0.15) is 0 Å². The second kappa shape index (κ2) is 2.53. The third kappa shape index (κ3) is 1.66. The van der Waals surface area contributed by atoms with Crippen LogP contribution < -0.4 is 11.1 Å². The van der Waals surface area contributed by atoms with Crippen molar-refractivity contribution in [2.45, 2.75) is 12.3 Å². The van der Waals surface area contributed by atoms with Crippen LogP contribution in [0.15, 0.2) is 0 Å². The molecular formula is C5H11N3O2. The fourth-order valence-electron chi connectivity index (χ4n) is 0.855. The van der Waals surface area contributed by atoms with E-state index in [1.807, 2.05) is 0 Å². The fraction of sp³-hybridized carbons (Fsp3) is 0.800. The summed E-state index contributed by atoms with van der Waals surface area (Å²) in [6, 6.07) is 0. The maximum atomic E-state index is 10.1. The summed E-state index contributed by atoms with van der Waals surface area (Å²) in [5.41, 5.74) is 5.40. The molecule has 0 saturated carbocycles. The predicted molar refractivity (Wildman–Crippen MR) is 35.2 cm³/mol. The first kappa shape index (κ1) is 7.46. The first-order valence-corrected chi connectivity index (χ1v) is 3.05. The molecule has 1 fully saturated rings. The van der Waals surface area contributed by atoms with Crippen LogP contribution in [-0.4, -0.2) is 41.9 Å². The lowest BCUT2D eigenvalue weighted by molar-refractivity contribution is -0.138. The number of nitrogens with zero attached hydrogens (tertiary/aromatic N) is 1. The van der Waals surface area contributed by atoms with Crippen LogP contribution in [0.25, 0.3) is 0 Å². The highest BCUT2D eigenvalue weighted by Crippen LogP contribution is 2.07. The quantitative estimate of drug-likeness (QED) is 0.408. The van der Waals surface area contributed by atoms with Gasteiger partial charge < -0.3 is 10.8 Å². The maximum absolute atomic E-state index is 10.1. The summed E-state index contributed by atoms with van der Waals surface area (Å²) in [4.78, 5) is 11.8. The number of aliphatic carboxylic acids is 1. The smallest absolute Gasteiger partial charge is 0.317 e. The average molecular weight is 145 g/mol. The Kier molecular flexibility index (Phi) is 1.89. The van der Waals surface area contributed by atoms with Gasteiger partial charge >= 0.3 is 5.97 Å². The number of nitrogens with two attached hydrogens (primary N) is 1. The fourth-order valence-corrected chi connectivity index (χ4v) is 0.855. The molecule has 0 spiro atoms. The van der Waals surface area contributed by atoms with Crippen LogP contribution in [0.1, 0.15) is 0 Å². The van der Waals surface area contributed by atoms with Crippen LogP contribution in [0.3, 0.4) is 0 Å². The van der Waals surface area contributed by atoms with Gasteiger partial charge in [0.1, 0.15) is 0 Å². The van der Waals surface area contributed by atoms with E-state index in [1.54, 1.807) is 11.9 Å². The largest absolute Gasteiger partial charge is 0.480 e. The molecule has 2 unspecified atom stereocenters. The Labute approximate surface area is 58.8 Å². The molecule has 0 aromatic carbocycles. The summed E-state index contributed by atoms with van der Waals surface area (Å²) in [5, 5.41) is 11.2. The average Bonchev–Trinajstić information content (AvgIpc) is 2.44. The van der Waals surface area contributed by atoms with Crippen molar-refractivity contribution in [3.63, 3.8) is 0 Å². The molecule has 5 nitrogen and oxygen atoms in total. The van der Waals surface area contributed by atoms with Gasteiger partial charge in [-0.25, -0.2) is 0 Å². The molecule has 0 aromatic heterocycles. The standard InChI is InChI=1S/C5H11N3O2/c1-8(2-3(9)10)5-4(6)7-5/h4-5,7H,2,6H2,1H3,(H,9,10). The third-order valence-electron chi connectivity index (χ3n) is 1.45. The molecule has 1 rings (SSSR count). The summed E-state index contributed by atoms with van der Waals surface area (Å²) < 4.78 is 0. The van der Waals surface area contributed by atoms with E-state index in [-0.39, 0.29) is 18.9 Å². The first-order valence-electron chi connectivity index (χ1n) is 3.05. The van der Waals surface area contributed by atoms with E-state index in [0.717, 1.165) is 0 Å². The van der Waals surface area contributed by atoms with E-state index >= 15 is 0 Å².